The highest BCUT2D eigenvalue weighted by Gasteiger charge is 2.52. The molecule has 1 amide bonds. The monoisotopic (exact) mass is 434 g/mol. The molecule has 164 valence electrons. The van der Waals surface area contributed by atoms with E-state index in [1.165, 1.54) is 19.6 Å². The second-order valence-corrected chi connectivity index (χ2v) is 8.44. The lowest BCUT2D eigenvalue weighted by Crippen LogP contribution is -2.28. The highest BCUT2D eigenvalue weighted by Crippen LogP contribution is 2.48. The maximum absolute atomic E-state index is 13.2. The van der Waals surface area contributed by atoms with E-state index in [1.54, 1.807) is 30.5 Å². The zero-order valence-electron chi connectivity index (χ0n) is 17.7. The second kappa shape index (κ2) is 7.85. The summed E-state index contributed by atoms with van der Waals surface area (Å²) < 4.78 is 20.2. The number of aromatic nitrogens is 3. The predicted octanol–water partition coefficient (Wildman–Crippen LogP) is 4.27. The summed E-state index contributed by atoms with van der Waals surface area (Å²) in [5, 5.41) is 7.35. The van der Waals surface area contributed by atoms with E-state index in [0.29, 0.717) is 41.4 Å². The van der Waals surface area contributed by atoms with E-state index >= 15 is 0 Å². The highest BCUT2D eigenvalue weighted by atomic mass is 19.1. The van der Waals surface area contributed by atoms with E-state index in [9.17, 15) is 14.0 Å². The summed E-state index contributed by atoms with van der Waals surface area (Å²) in [6, 6.07) is 8.44. The Morgan fingerprint density at radius 2 is 2.00 bits per heavy atom. The number of hydrogen-bond acceptors (Lipinski definition) is 5. The maximum Gasteiger partial charge on any atom is 0.338 e. The van der Waals surface area contributed by atoms with Crippen LogP contribution in [0.3, 0.4) is 0 Å². The molecule has 2 aliphatic carbocycles. The van der Waals surface area contributed by atoms with Crippen LogP contribution in [-0.4, -0.2) is 33.8 Å². The summed E-state index contributed by atoms with van der Waals surface area (Å²) >= 11 is 0. The van der Waals surface area contributed by atoms with Gasteiger partial charge in [-0.05, 0) is 61.9 Å². The number of benzene rings is 1. The molecule has 0 unspecified atom stereocenters. The number of ether oxygens (including phenoxy) is 1. The lowest BCUT2D eigenvalue weighted by molar-refractivity contribution is -0.118. The Morgan fingerprint density at radius 1 is 1.19 bits per heavy atom. The number of amides is 1. The van der Waals surface area contributed by atoms with Crippen molar-refractivity contribution in [3.05, 3.63) is 66.0 Å². The maximum atomic E-state index is 13.2. The zero-order chi connectivity index (χ0) is 22.3. The fourth-order valence-corrected chi connectivity index (χ4v) is 4.11. The van der Waals surface area contributed by atoms with Crippen LogP contribution in [0.15, 0.2) is 48.9 Å². The Bertz CT molecular complexity index is 1180. The molecule has 2 saturated carbocycles. The first-order chi connectivity index (χ1) is 15.5. The van der Waals surface area contributed by atoms with Crippen molar-refractivity contribution in [3.8, 4) is 11.1 Å². The van der Waals surface area contributed by atoms with Gasteiger partial charge in [0.05, 0.1) is 42.2 Å². The molecule has 1 N–H and O–H groups in total. The molecule has 0 radical (unpaired) electrons. The Morgan fingerprint density at radius 3 is 2.62 bits per heavy atom. The average molecular weight is 434 g/mol. The largest absolute Gasteiger partial charge is 0.465 e. The van der Waals surface area contributed by atoms with Gasteiger partial charge >= 0.3 is 5.97 Å². The topological polar surface area (TPSA) is 86.1 Å². The van der Waals surface area contributed by atoms with Gasteiger partial charge in [0.25, 0.3) is 0 Å². The third-order valence-electron chi connectivity index (χ3n) is 6.45. The summed E-state index contributed by atoms with van der Waals surface area (Å²) in [6.45, 7) is 0. The van der Waals surface area contributed by atoms with Crippen LogP contribution in [0.1, 0.15) is 54.2 Å². The molecule has 2 fully saturated rings. The minimum absolute atomic E-state index is 0.224. The minimum atomic E-state index is -0.762. The zero-order valence-corrected chi connectivity index (χ0v) is 17.7. The van der Waals surface area contributed by atoms with E-state index in [-0.39, 0.29) is 5.91 Å². The number of pyridine rings is 1. The van der Waals surface area contributed by atoms with E-state index < -0.39 is 17.2 Å². The molecular weight excluding hydrogens is 411 g/mol. The molecule has 0 spiro atoms. The van der Waals surface area contributed by atoms with E-state index in [1.807, 2.05) is 10.9 Å². The van der Waals surface area contributed by atoms with Gasteiger partial charge < -0.3 is 10.1 Å². The van der Waals surface area contributed by atoms with Crippen LogP contribution >= 0.6 is 0 Å². The van der Waals surface area contributed by atoms with Crippen LogP contribution < -0.4 is 5.32 Å². The molecule has 3 aromatic rings. The number of nitrogens with zero attached hydrogens (tertiary/aromatic N) is 3. The number of nitrogens with one attached hydrogen (secondary N) is 1. The molecule has 2 aliphatic rings. The molecular formula is C24H23FN4O3. The molecule has 0 saturated heterocycles. The van der Waals surface area contributed by atoms with E-state index in [0.717, 1.165) is 24.6 Å². The molecule has 32 heavy (non-hydrogen) atoms. The number of carbonyl (C=O) groups is 2. The first-order valence-electron chi connectivity index (χ1n) is 10.7. The van der Waals surface area contributed by atoms with Gasteiger partial charge in [-0.15, -0.1) is 0 Å². The second-order valence-electron chi connectivity index (χ2n) is 8.44. The number of esters is 1. The Hall–Kier alpha value is -3.55. The fourth-order valence-electron chi connectivity index (χ4n) is 4.11. The Balaban J connectivity index is 1.41. The number of carbonyl (C=O) groups excluding carboxylic acids is 2. The first kappa shape index (κ1) is 20.4. The minimum Gasteiger partial charge on any atom is -0.465 e. The van der Waals surface area contributed by atoms with Crippen molar-refractivity contribution >= 4 is 17.6 Å². The molecule has 2 aromatic heterocycles. The van der Waals surface area contributed by atoms with Crippen LogP contribution in [0.25, 0.3) is 11.1 Å². The predicted molar refractivity (Wildman–Crippen MR) is 116 cm³/mol. The third-order valence-corrected chi connectivity index (χ3v) is 6.45. The SMILES string of the molecule is COC(=O)c1cc(NC(=O)C2(c3ccc(F)cn3)CC2)ccc1-c1cnn(C2CCC2)c1. The van der Waals surface area contributed by atoms with Crippen molar-refractivity contribution in [3.63, 3.8) is 0 Å². The van der Waals surface area contributed by atoms with Gasteiger partial charge in [0, 0.05) is 17.4 Å². The van der Waals surface area contributed by atoms with Crippen LogP contribution in [-0.2, 0) is 14.9 Å². The van der Waals surface area contributed by atoms with Gasteiger partial charge in [-0.25, -0.2) is 9.18 Å². The number of anilines is 1. The Labute approximate surface area is 184 Å². The van der Waals surface area contributed by atoms with Gasteiger partial charge in [-0.1, -0.05) is 6.07 Å². The van der Waals surface area contributed by atoms with Gasteiger partial charge in [-0.2, -0.15) is 5.10 Å². The van der Waals surface area contributed by atoms with Crippen molar-refractivity contribution < 1.29 is 18.7 Å². The molecule has 0 bridgehead atoms. The van der Waals surface area contributed by atoms with Crippen LogP contribution in [0.5, 0.6) is 0 Å². The molecule has 5 rings (SSSR count). The summed E-state index contributed by atoms with van der Waals surface area (Å²) in [5.74, 6) is -1.16. The van der Waals surface area contributed by atoms with Crippen LogP contribution in [0.2, 0.25) is 0 Å². The molecule has 2 heterocycles. The quantitative estimate of drug-likeness (QED) is 0.586. The molecule has 0 atom stereocenters. The van der Waals surface area contributed by atoms with Crippen molar-refractivity contribution in [2.45, 2.75) is 43.6 Å². The third kappa shape index (κ3) is 3.55. The average Bonchev–Trinajstić information content (AvgIpc) is 3.45. The first-order valence-corrected chi connectivity index (χ1v) is 10.7. The lowest BCUT2D eigenvalue weighted by Gasteiger charge is -2.25. The Kier molecular flexibility index (Phi) is 5.00. The van der Waals surface area contributed by atoms with Crippen LogP contribution in [0.4, 0.5) is 10.1 Å². The number of hydrogen-bond donors (Lipinski definition) is 1. The van der Waals surface area contributed by atoms with Gasteiger partial charge in [0.1, 0.15) is 5.82 Å². The highest BCUT2D eigenvalue weighted by molar-refractivity contribution is 6.03. The number of methoxy groups -OCH3 is 1. The van der Waals surface area contributed by atoms with E-state index in [4.69, 9.17) is 4.74 Å². The van der Waals surface area contributed by atoms with Crippen LogP contribution in [0, 0.1) is 5.82 Å². The fraction of sp³-hybridized carbons (Fsp3) is 0.333. The molecule has 0 aliphatic heterocycles. The number of rotatable bonds is 6. The van der Waals surface area contributed by atoms with Crippen molar-refractivity contribution in [1.82, 2.24) is 14.8 Å². The molecule has 7 nitrogen and oxygen atoms in total. The molecule has 8 heteroatoms. The molecule has 1 aromatic carbocycles. The summed E-state index contributed by atoms with van der Waals surface area (Å²) in [6.07, 6.45) is 9.52. The smallest absolute Gasteiger partial charge is 0.338 e. The van der Waals surface area contributed by atoms with E-state index in [2.05, 4.69) is 15.4 Å². The van der Waals surface area contributed by atoms with Crippen molar-refractivity contribution in [2.24, 2.45) is 0 Å². The lowest BCUT2D eigenvalue weighted by atomic mass is 9.93. The summed E-state index contributed by atoms with van der Waals surface area (Å²) in [4.78, 5) is 29.6. The van der Waals surface area contributed by atoms with Crippen molar-refractivity contribution in [1.29, 1.82) is 0 Å². The summed E-state index contributed by atoms with van der Waals surface area (Å²) in [7, 11) is 1.33. The standard InChI is InChI=1S/C24H23FN4O3/c1-32-22(30)20-11-17(6-7-19(20)15-12-27-29(14-15)18-3-2-4-18)28-23(31)24(9-10-24)21-8-5-16(25)13-26-21/h5-8,11-14,18H,2-4,9-10H2,1H3,(H,28,31). The number of halogens is 1. The van der Waals surface area contributed by atoms with Gasteiger partial charge in [-0.3, -0.25) is 14.5 Å². The normalized spacial score (nSPS) is 16.8. The van der Waals surface area contributed by atoms with Gasteiger partial charge in [0.2, 0.25) is 5.91 Å². The summed E-state index contributed by atoms with van der Waals surface area (Å²) in [5.41, 5.74) is 2.14. The van der Waals surface area contributed by atoms with Gasteiger partial charge in [0.15, 0.2) is 0 Å². The van der Waals surface area contributed by atoms with Crippen molar-refractivity contribution in [2.75, 3.05) is 12.4 Å².